The van der Waals surface area contributed by atoms with Gasteiger partial charge in [-0.2, -0.15) is 0 Å². The van der Waals surface area contributed by atoms with Crippen molar-refractivity contribution in [2.45, 2.75) is 70.4 Å². The number of carbonyl (C=O) groups is 1. The van der Waals surface area contributed by atoms with Gasteiger partial charge in [0, 0.05) is 25.1 Å². The first-order valence-corrected chi connectivity index (χ1v) is 10.5. The van der Waals surface area contributed by atoms with Gasteiger partial charge < -0.3 is 14.8 Å². The molecule has 0 unspecified atom stereocenters. The number of hydrogen-bond acceptors (Lipinski definition) is 5. The fourth-order valence-electron chi connectivity index (χ4n) is 3.95. The molecule has 7 heteroatoms. The van der Waals surface area contributed by atoms with E-state index in [-0.39, 0.29) is 11.5 Å². The minimum atomic E-state index is -0.142. The highest BCUT2D eigenvalue weighted by Crippen LogP contribution is 2.29. The van der Waals surface area contributed by atoms with Gasteiger partial charge in [0.1, 0.15) is 0 Å². The summed E-state index contributed by atoms with van der Waals surface area (Å²) < 4.78 is 12.1. The van der Waals surface area contributed by atoms with E-state index in [1.165, 1.54) is 45.5 Å². The summed E-state index contributed by atoms with van der Waals surface area (Å²) >= 11 is 0. The van der Waals surface area contributed by atoms with Crippen molar-refractivity contribution in [2.75, 3.05) is 14.2 Å². The molecule has 3 rings (SSSR count). The molecule has 0 aliphatic heterocycles. The van der Waals surface area contributed by atoms with E-state index < -0.39 is 0 Å². The number of benzene rings is 1. The van der Waals surface area contributed by atoms with Crippen LogP contribution in [0.5, 0.6) is 11.5 Å². The van der Waals surface area contributed by atoms with E-state index >= 15 is 0 Å². The van der Waals surface area contributed by atoms with Crippen LogP contribution in [0.2, 0.25) is 0 Å². The summed E-state index contributed by atoms with van der Waals surface area (Å²) in [6, 6.07) is 3.65. The molecule has 158 valence electrons. The number of ether oxygens (including phenoxy) is 2. The van der Waals surface area contributed by atoms with Gasteiger partial charge in [-0.05, 0) is 25.3 Å². The zero-order chi connectivity index (χ0) is 20.6. The van der Waals surface area contributed by atoms with Crippen LogP contribution in [0.1, 0.15) is 57.8 Å². The van der Waals surface area contributed by atoms with Crippen molar-refractivity contribution in [1.82, 2.24) is 14.9 Å². The highest BCUT2D eigenvalue weighted by atomic mass is 16.5. The van der Waals surface area contributed by atoms with Gasteiger partial charge in [0.2, 0.25) is 5.91 Å². The van der Waals surface area contributed by atoms with Crippen molar-refractivity contribution >= 4 is 16.8 Å². The van der Waals surface area contributed by atoms with Crippen LogP contribution in [0.3, 0.4) is 0 Å². The molecule has 0 saturated heterocycles. The molecule has 1 aromatic heterocycles. The van der Waals surface area contributed by atoms with E-state index in [4.69, 9.17) is 9.47 Å². The summed E-state index contributed by atoms with van der Waals surface area (Å²) in [4.78, 5) is 29.5. The number of fused-ring (bicyclic) bond motifs is 1. The lowest BCUT2D eigenvalue weighted by Crippen LogP contribution is -2.35. The molecule has 1 aliphatic rings. The second kappa shape index (κ2) is 10.3. The molecule has 0 spiro atoms. The highest BCUT2D eigenvalue weighted by Gasteiger charge is 2.14. The molecule has 1 saturated carbocycles. The zero-order valence-electron chi connectivity index (χ0n) is 17.4. The van der Waals surface area contributed by atoms with Crippen molar-refractivity contribution < 1.29 is 14.3 Å². The second-order valence-corrected chi connectivity index (χ2v) is 7.68. The molecule has 0 bridgehead atoms. The van der Waals surface area contributed by atoms with E-state index in [0.717, 1.165) is 12.8 Å². The number of aromatic nitrogens is 2. The minimum Gasteiger partial charge on any atom is -0.493 e. The summed E-state index contributed by atoms with van der Waals surface area (Å²) in [5.41, 5.74) is 0.419. The van der Waals surface area contributed by atoms with Crippen molar-refractivity contribution in [3.8, 4) is 11.5 Å². The molecule has 1 amide bonds. The lowest BCUT2D eigenvalue weighted by atomic mass is 9.96. The largest absolute Gasteiger partial charge is 0.493 e. The van der Waals surface area contributed by atoms with Crippen LogP contribution in [0.4, 0.5) is 0 Å². The van der Waals surface area contributed by atoms with Crippen LogP contribution in [0, 0.1) is 0 Å². The van der Waals surface area contributed by atoms with Crippen molar-refractivity contribution in [3.05, 3.63) is 28.8 Å². The Hall–Kier alpha value is -2.57. The Labute approximate surface area is 171 Å². The highest BCUT2D eigenvalue weighted by molar-refractivity contribution is 5.81. The molecule has 1 heterocycles. The maximum Gasteiger partial charge on any atom is 0.261 e. The molecule has 0 atom stereocenters. The molecular formula is C22H31N3O4. The van der Waals surface area contributed by atoms with Crippen LogP contribution >= 0.6 is 0 Å². The number of aryl methyl sites for hydroxylation is 1. The predicted octanol–water partition coefficient (Wildman–Crippen LogP) is 3.42. The van der Waals surface area contributed by atoms with E-state index in [1.807, 2.05) is 0 Å². The Morgan fingerprint density at radius 2 is 1.76 bits per heavy atom. The number of hydrogen-bond donors (Lipinski definition) is 1. The summed E-state index contributed by atoms with van der Waals surface area (Å²) in [5, 5.41) is 3.65. The molecule has 0 radical (unpaired) electrons. The molecule has 29 heavy (non-hydrogen) atoms. The number of rotatable bonds is 7. The predicted molar refractivity (Wildman–Crippen MR) is 113 cm³/mol. The van der Waals surface area contributed by atoms with Gasteiger partial charge in [-0.3, -0.25) is 14.2 Å². The Morgan fingerprint density at radius 3 is 2.45 bits per heavy atom. The minimum absolute atomic E-state index is 0.0729. The Bertz CT molecular complexity index is 885. The normalized spacial score (nSPS) is 15.5. The summed E-state index contributed by atoms with van der Waals surface area (Å²) in [6.07, 6.45) is 10.9. The first kappa shape index (κ1) is 21.1. The van der Waals surface area contributed by atoms with Gasteiger partial charge in [0.25, 0.3) is 5.56 Å². The molecular weight excluding hydrogens is 370 g/mol. The standard InChI is InChI=1S/C22H31N3O4/c1-28-19-13-17-18(14-20(19)29-2)23-15-25(22(17)27)12-8-11-21(26)24-16-9-6-4-3-5-7-10-16/h13-16H,3-12H2,1-2H3,(H,24,26). The third-order valence-corrected chi connectivity index (χ3v) is 5.60. The number of nitrogens with zero attached hydrogens (tertiary/aromatic N) is 2. The van der Waals surface area contributed by atoms with Gasteiger partial charge in [-0.1, -0.05) is 32.1 Å². The summed E-state index contributed by atoms with van der Waals surface area (Å²) in [7, 11) is 3.08. The third kappa shape index (κ3) is 5.49. The molecule has 1 aromatic carbocycles. The van der Waals surface area contributed by atoms with Crippen LogP contribution in [-0.2, 0) is 11.3 Å². The summed E-state index contributed by atoms with van der Waals surface area (Å²) in [6.45, 7) is 0.453. The average Bonchev–Trinajstić information content (AvgIpc) is 2.70. The molecule has 1 aliphatic carbocycles. The second-order valence-electron chi connectivity index (χ2n) is 7.68. The van der Waals surface area contributed by atoms with Gasteiger partial charge >= 0.3 is 0 Å². The zero-order valence-corrected chi connectivity index (χ0v) is 17.4. The Balaban J connectivity index is 1.59. The summed E-state index contributed by atoms with van der Waals surface area (Å²) in [5.74, 6) is 1.11. The van der Waals surface area contributed by atoms with E-state index in [2.05, 4.69) is 10.3 Å². The first-order chi connectivity index (χ1) is 14.1. The first-order valence-electron chi connectivity index (χ1n) is 10.5. The molecule has 2 aromatic rings. The van der Waals surface area contributed by atoms with Gasteiger partial charge in [0.15, 0.2) is 11.5 Å². The smallest absolute Gasteiger partial charge is 0.261 e. The molecule has 7 nitrogen and oxygen atoms in total. The number of carbonyl (C=O) groups excluding carboxylic acids is 1. The maximum atomic E-state index is 12.8. The van der Waals surface area contributed by atoms with E-state index in [1.54, 1.807) is 23.8 Å². The van der Waals surface area contributed by atoms with Gasteiger partial charge in [0.05, 0.1) is 31.4 Å². The van der Waals surface area contributed by atoms with Crippen LogP contribution in [0.15, 0.2) is 23.3 Å². The molecule has 1 fully saturated rings. The Kier molecular flexibility index (Phi) is 7.49. The average molecular weight is 402 g/mol. The number of nitrogens with one attached hydrogen (secondary N) is 1. The van der Waals surface area contributed by atoms with Gasteiger partial charge in [-0.25, -0.2) is 4.98 Å². The Morgan fingerprint density at radius 1 is 1.10 bits per heavy atom. The van der Waals surface area contributed by atoms with E-state index in [0.29, 0.717) is 47.8 Å². The van der Waals surface area contributed by atoms with Crippen molar-refractivity contribution in [2.24, 2.45) is 0 Å². The topological polar surface area (TPSA) is 82.5 Å². The fraction of sp³-hybridized carbons (Fsp3) is 0.591. The lowest BCUT2D eigenvalue weighted by Gasteiger charge is -2.21. The number of amides is 1. The van der Waals surface area contributed by atoms with Crippen LogP contribution in [0.25, 0.3) is 10.9 Å². The SMILES string of the molecule is COc1cc2ncn(CCCC(=O)NC3CCCCCCC3)c(=O)c2cc1OC. The molecule has 1 N–H and O–H groups in total. The van der Waals surface area contributed by atoms with Crippen LogP contribution < -0.4 is 20.3 Å². The third-order valence-electron chi connectivity index (χ3n) is 5.60. The lowest BCUT2D eigenvalue weighted by molar-refractivity contribution is -0.122. The van der Waals surface area contributed by atoms with Crippen molar-refractivity contribution in [1.29, 1.82) is 0 Å². The fourth-order valence-corrected chi connectivity index (χ4v) is 3.95. The quantitative estimate of drug-likeness (QED) is 0.769. The monoisotopic (exact) mass is 401 g/mol. The van der Waals surface area contributed by atoms with Crippen LogP contribution in [-0.4, -0.2) is 35.7 Å². The van der Waals surface area contributed by atoms with Crippen molar-refractivity contribution in [3.63, 3.8) is 0 Å². The van der Waals surface area contributed by atoms with E-state index in [9.17, 15) is 9.59 Å². The number of methoxy groups -OCH3 is 2. The maximum absolute atomic E-state index is 12.8. The van der Waals surface area contributed by atoms with Gasteiger partial charge in [-0.15, -0.1) is 0 Å².